The van der Waals surface area contributed by atoms with E-state index in [0.717, 1.165) is 5.56 Å². The fourth-order valence-electron chi connectivity index (χ4n) is 1.85. The van der Waals surface area contributed by atoms with Crippen molar-refractivity contribution in [3.8, 4) is 0 Å². The van der Waals surface area contributed by atoms with Crippen LogP contribution in [0, 0.1) is 13.8 Å². The molecule has 112 valence electrons. The van der Waals surface area contributed by atoms with Gasteiger partial charge >= 0.3 is 0 Å². The predicted molar refractivity (Wildman–Crippen MR) is 78.4 cm³/mol. The molecule has 0 fully saturated rings. The number of hydrogen-bond donors (Lipinski definition) is 2. The van der Waals surface area contributed by atoms with Gasteiger partial charge in [0.25, 0.3) is 0 Å². The molecule has 0 atom stereocenters. The molecular formula is C13H21N3O3S. The lowest BCUT2D eigenvalue weighted by Gasteiger charge is -2.26. The molecule has 0 bridgehead atoms. The summed E-state index contributed by atoms with van der Waals surface area (Å²) in [6, 6.07) is 4.95. The van der Waals surface area contributed by atoms with Crippen LogP contribution >= 0.6 is 0 Å². The van der Waals surface area contributed by atoms with Crippen LogP contribution in [0.2, 0.25) is 0 Å². The summed E-state index contributed by atoms with van der Waals surface area (Å²) in [6.07, 6.45) is 0. The number of aryl methyl sites for hydroxylation is 2. The van der Waals surface area contributed by atoms with Gasteiger partial charge in [-0.2, -0.15) is 4.31 Å². The maximum atomic E-state index is 12.7. The molecule has 0 spiro atoms. The molecule has 0 saturated carbocycles. The van der Waals surface area contributed by atoms with E-state index in [9.17, 15) is 8.42 Å². The van der Waals surface area contributed by atoms with Crippen LogP contribution < -0.4 is 5.73 Å². The van der Waals surface area contributed by atoms with E-state index in [1.54, 1.807) is 32.9 Å². The molecular weight excluding hydrogens is 278 g/mol. The molecule has 7 heteroatoms. The van der Waals surface area contributed by atoms with Crippen LogP contribution in [0.25, 0.3) is 0 Å². The highest BCUT2D eigenvalue weighted by molar-refractivity contribution is 7.89. The molecule has 20 heavy (non-hydrogen) atoms. The van der Waals surface area contributed by atoms with E-state index in [1.165, 1.54) is 4.31 Å². The smallest absolute Gasteiger partial charge is 0.243 e. The molecule has 6 nitrogen and oxygen atoms in total. The first kappa shape index (κ1) is 16.5. The van der Waals surface area contributed by atoms with Gasteiger partial charge in [-0.05, 0) is 44.9 Å². The Labute approximate surface area is 119 Å². The summed E-state index contributed by atoms with van der Waals surface area (Å²) in [5.41, 5.74) is 6.98. The molecule has 3 N–H and O–H groups in total. The SMILES string of the molecule is Cc1ccc(C)c(S(=O)(=O)N(CC(N)=NO)C(C)C)c1. The highest BCUT2D eigenvalue weighted by atomic mass is 32.2. The molecule has 0 aromatic heterocycles. The van der Waals surface area contributed by atoms with Gasteiger partial charge in [-0.25, -0.2) is 8.42 Å². The van der Waals surface area contributed by atoms with Crippen molar-refractivity contribution in [1.82, 2.24) is 4.31 Å². The second-order valence-corrected chi connectivity index (χ2v) is 6.86. The maximum Gasteiger partial charge on any atom is 0.243 e. The standard InChI is InChI=1S/C13H21N3O3S/c1-9(2)16(8-13(14)15-17)20(18,19)12-7-10(3)5-6-11(12)4/h5-7,9,17H,8H2,1-4H3,(H2,14,15). The van der Waals surface area contributed by atoms with Gasteiger partial charge in [-0.1, -0.05) is 17.3 Å². The second-order valence-electron chi connectivity index (χ2n) is 5.00. The van der Waals surface area contributed by atoms with E-state index in [-0.39, 0.29) is 23.3 Å². The van der Waals surface area contributed by atoms with Gasteiger partial charge in [0.1, 0.15) is 0 Å². The van der Waals surface area contributed by atoms with Crippen LogP contribution in [-0.2, 0) is 10.0 Å². The number of oxime groups is 1. The molecule has 1 rings (SSSR count). The predicted octanol–water partition coefficient (Wildman–Crippen LogP) is 1.45. The zero-order valence-corrected chi connectivity index (χ0v) is 13.0. The quantitative estimate of drug-likeness (QED) is 0.372. The molecule has 0 radical (unpaired) electrons. The molecule has 1 aromatic carbocycles. The van der Waals surface area contributed by atoms with Crippen molar-refractivity contribution in [2.45, 2.75) is 38.6 Å². The Morgan fingerprint density at radius 1 is 1.40 bits per heavy atom. The number of nitrogens with two attached hydrogens (primary N) is 1. The summed E-state index contributed by atoms with van der Waals surface area (Å²) in [7, 11) is -3.70. The number of rotatable bonds is 5. The Kier molecular flexibility index (Phi) is 5.13. The largest absolute Gasteiger partial charge is 0.409 e. The Morgan fingerprint density at radius 3 is 2.50 bits per heavy atom. The van der Waals surface area contributed by atoms with Crippen molar-refractivity contribution in [3.05, 3.63) is 29.3 Å². The van der Waals surface area contributed by atoms with Gasteiger partial charge in [0.2, 0.25) is 10.0 Å². The van der Waals surface area contributed by atoms with Gasteiger partial charge in [0.05, 0.1) is 11.4 Å². The lowest BCUT2D eigenvalue weighted by Crippen LogP contribution is -2.43. The van der Waals surface area contributed by atoms with Crippen LogP contribution in [-0.4, -0.2) is 36.4 Å². The highest BCUT2D eigenvalue weighted by Gasteiger charge is 2.29. The Bertz CT molecular complexity index is 609. The summed E-state index contributed by atoms with van der Waals surface area (Å²) in [4.78, 5) is 0.247. The Morgan fingerprint density at radius 2 is 2.00 bits per heavy atom. The summed E-state index contributed by atoms with van der Waals surface area (Å²) >= 11 is 0. The third-order valence-electron chi connectivity index (χ3n) is 2.95. The third kappa shape index (κ3) is 3.49. The van der Waals surface area contributed by atoms with Crippen LogP contribution in [0.1, 0.15) is 25.0 Å². The first-order chi connectivity index (χ1) is 9.20. The summed E-state index contributed by atoms with van der Waals surface area (Å²) < 4.78 is 26.7. The Hall–Kier alpha value is -1.60. The fraction of sp³-hybridized carbons (Fsp3) is 0.462. The number of hydrogen-bond acceptors (Lipinski definition) is 4. The summed E-state index contributed by atoms with van der Waals surface area (Å²) in [5, 5.41) is 11.5. The van der Waals surface area contributed by atoms with Crippen LogP contribution in [0.15, 0.2) is 28.3 Å². The van der Waals surface area contributed by atoms with Crippen LogP contribution in [0.3, 0.4) is 0 Å². The van der Waals surface area contributed by atoms with Crippen molar-refractivity contribution in [1.29, 1.82) is 0 Å². The molecule has 0 aliphatic heterocycles. The number of benzene rings is 1. The van der Waals surface area contributed by atoms with Crippen molar-refractivity contribution in [2.75, 3.05) is 6.54 Å². The van der Waals surface area contributed by atoms with Crippen molar-refractivity contribution < 1.29 is 13.6 Å². The normalized spacial score (nSPS) is 13.2. The van der Waals surface area contributed by atoms with E-state index in [0.29, 0.717) is 5.56 Å². The number of nitrogens with zero attached hydrogens (tertiary/aromatic N) is 2. The molecule has 0 heterocycles. The number of sulfonamides is 1. The monoisotopic (exact) mass is 299 g/mol. The molecule has 0 aliphatic carbocycles. The van der Waals surface area contributed by atoms with E-state index in [1.807, 2.05) is 13.0 Å². The van der Waals surface area contributed by atoms with Crippen molar-refractivity contribution >= 4 is 15.9 Å². The van der Waals surface area contributed by atoms with Crippen molar-refractivity contribution in [2.24, 2.45) is 10.9 Å². The zero-order chi connectivity index (χ0) is 15.5. The molecule has 0 amide bonds. The lowest BCUT2D eigenvalue weighted by molar-refractivity contribution is 0.312. The summed E-state index contributed by atoms with van der Waals surface area (Å²) in [5.74, 6) is -0.146. The van der Waals surface area contributed by atoms with Crippen LogP contribution in [0.4, 0.5) is 0 Å². The van der Waals surface area contributed by atoms with Gasteiger partial charge < -0.3 is 10.9 Å². The third-order valence-corrected chi connectivity index (χ3v) is 5.12. The minimum absolute atomic E-state index is 0.146. The first-order valence-electron chi connectivity index (χ1n) is 6.25. The molecule has 0 unspecified atom stereocenters. The molecule has 1 aromatic rings. The number of amidine groups is 1. The zero-order valence-electron chi connectivity index (χ0n) is 12.2. The van der Waals surface area contributed by atoms with Crippen molar-refractivity contribution in [3.63, 3.8) is 0 Å². The molecule has 0 aliphatic rings. The average Bonchev–Trinajstić information content (AvgIpc) is 2.37. The topological polar surface area (TPSA) is 96.0 Å². The summed E-state index contributed by atoms with van der Waals surface area (Å²) in [6.45, 7) is 6.92. The van der Waals surface area contributed by atoms with Gasteiger partial charge in [0, 0.05) is 6.04 Å². The lowest BCUT2D eigenvalue weighted by atomic mass is 10.2. The minimum Gasteiger partial charge on any atom is -0.409 e. The fourth-order valence-corrected chi connectivity index (χ4v) is 3.77. The van der Waals surface area contributed by atoms with Crippen LogP contribution in [0.5, 0.6) is 0 Å². The van der Waals surface area contributed by atoms with E-state index >= 15 is 0 Å². The van der Waals surface area contributed by atoms with E-state index in [4.69, 9.17) is 10.9 Å². The minimum atomic E-state index is -3.70. The highest BCUT2D eigenvalue weighted by Crippen LogP contribution is 2.22. The van der Waals surface area contributed by atoms with Gasteiger partial charge in [-0.3, -0.25) is 0 Å². The second kappa shape index (κ2) is 6.23. The van der Waals surface area contributed by atoms with E-state index < -0.39 is 10.0 Å². The van der Waals surface area contributed by atoms with Gasteiger partial charge in [0.15, 0.2) is 5.84 Å². The first-order valence-corrected chi connectivity index (χ1v) is 7.69. The average molecular weight is 299 g/mol. The Balaban J connectivity index is 3.33. The van der Waals surface area contributed by atoms with E-state index in [2.05, 4.69) is 5.16 Å². The maximum absolute atomic E-state index is 12.7. The van der Waals surface area contributed by atoms with Gasteiger partial charge in [-0.15, -0.1) is 0 Å². The molecule has 0 saturated heterocycles.